The van der Waals surface area contributed by atoms with Crippen LogP contribution >= 0.6 is 11.3 Å². The number of hydrogen-bond acceptors (Lipinski definition) is 6. The van der Waals surface area contributed by atoms with Crippen LogP contribution in [0.5, 0.6) is 5.75 Å². The molecule has 0 aliphatic carbocycles. The molecule has 2 aliphatic rings. The second-order valence-corrected chi connectivity index (χ2v) is 8.62. The van der Waals surface area contributed by atoms with Crippen molar-refractivity contribution >= 4 is 22.4 Å². The normalized spacial score (nSPS) is 19.6. The maximum atomic E-state index is 13.3. The molecule has 3 heterocycles. The Labute approximate surface area is 176 Å². The molecule has 4 rings (SSSR count). The number of ether oxygens (including phenoxy) is 1. The molecule has 7 heteroatoms. The molecule has 6 nitrogen and oxygen atoms in total. The lowest BCUT2D eigenvalue weighted by Gasteiger charge is -2.35. The molecule has 1 aromatic heterocycles. The summed E-state index contributed by atoms with van der Waals surface area (Å²) in [5.41, 5.74) is 2.37. The SMILES string of the molecule is COc1ccc(C(=O)N2CCCCC2CCO)cc1-c1csc(N2CCCC2)n1. The Kier molecular flexibility index (Phi) is 6.35. The predicted molar refractivity (Wildman–Crippen MR) is 116 cm³/mol. The number of thiazole rings is 1. The first kappa shape index (κ1) is 20.2. The number of piperidine rings is 1. The number of likely N-dealkylation sites (tertiary alicyclic amines) is 1. The summed E-state index contributed by atoms with van der Waals surface area (Å²) in [5, 5.41) is 12.5. The first-order valence-corrected chi connectivity index (χ1v) is 11.4. The largest absolute Gasteiger partial charge is 0.496 e. The van der Waals surface area contributed by atoms with Crippen LogP contribution in [0.4, 0.5) is 5.13 Å². The van der Waals surface area contributed by atoms with Gasteiger partial charge in [-0.05, 0) is 56.7 Å². The molecule has 0 bridgehead atoms. The third-order valence-corrected chi connectivity index (χ3v) is 6.84. The van der Waals surface area contributed by atoms with E-state index in [1.54, 1.807) is 18.4 Å². The standard InChI is InChI=1S/C22H29N3O3S/c1-28-20-8-7-16(21(27)25-12-3-2-6-17(25)9-13-26)14-18(20)19-15-29-22(23-19)24-10-4-5-11-24/h7-8,14-15,17,26H,2-6,9-13H2,1H3. The van der Waals surface area contributed by atoms with Crippen LogP contribution in [0.15, 0.2) is 23.6 Å². The van der Waals surface area contributed by atoms with E-state index in [4.69, 9.17) is 9.72 Å². The van der Waals surface area contributed by atoms with E-state index in [0.717, 1.165) is 61.0 Å². The van der Waals surface area contributed by atoms with Gasteiger partial charge in [0.25, 0.3) is 5.91 Å². The number of carbonyl (C=O) groups excluding carboxylic acids is 1. The number of hydrogen-bond donors (Lipinski definition) is 1. The van der Waals surface area contributed by atoms with Gasteiger partial charge in [-0.25, -0.2) is 4.98 Å². The lowest BCUT2D eigenvalue weighted by Crippen LogP contribution is -2.44. The lowest BCUT2D eigenvalue weighted by atomic mass is 9.98. The fourth-order valence-corrected chi connectivity index (χ4v) is 5.25. The molecule has 0 spiro atoms. The maximum Gasteiger partial charge on any atom is 0.254 e. The van der Waals surface area contributed by atoms with E-state index in [1.807, 2.05) is 23.1 Å². The summed E-state index contributed by atoms with van der Waals surface area (Å²) in [5.74, 6) is 0.757. The van der Waals surface area contributed by atoms with Crippen molar-refractivity contribution in [3.8, 4) is 17.0 Å². The lowest BCUT2D eigenvalue weighted by molar-refractivity contribution is 0.0574. The number of methoxy groups -OCH3 is 1. The summed E-state index contributed by atoms with van der Waals surface area (Å²) in [6.45, 7) is 2.98. The van der Waals surface area contributed by atoms with Crippen LogP contribution in [-0.2, 0) is 0 Å². The maximum absolute atomic E-state index is 13.3. The van der Waals surface area contributed by atoms with Gasteiger partial charge in [0.05, 0.1) is 12.8 Å². The number of nitrogens with zero attached hydrogens (tertiary/aromatic N) is 3. The van der Waals surface area contributed by atoms with Crippen molar-refractivity contribution in [3.05, 3.63) is 29.1 Å². The number of aliphatic hydroxyl groups is 1. The van der Waals surface area contributed by atoms with E-state index >= 15 is 0 Å². The molecule has 1 N–H and O–H groups in total. The Bertz CT molecular complexity index is 846. The van der Waals surface area contributed by atoms with E-state index in [2.05, 4.69) is 10.3 Å². The van der Waals surface area contributed by atoms with Gasteiger partial charge in [-0.1, -0.05) is 0 Å². The van der Waals surface area contributed by atoms with Gasteiger partial charge in [0, 0.05) is 48.8 Å². The minimum Gasteiger partial charge on any atom is -0.496 e. The molecule has 2 saturated heterocycles. The van der Waals surface area contributed by atoms with Gasteiger partial charge < -0.3 is 19.6 Å². The zero-order chi connectivity index (χ0) is 20.2. The molecule has 2 aromatic rings. The van der Waals surface area contributed by atoms with Gasteiger partial charge in [0.15, 0.2) is 5.13 Å². The van der Waals surface area contributed by atoms with Crippen LogP contribution in [0.3, 0.4) is 0 Å². The molecular formula is C22H29N3O3S. The van der Waals surface area contributed by atoms with Crippen molar-refractivity contribution in [3.63, 3.8) is 0 Å². The molecule has 1 aromatic carbocycles. The van der Waals surface area contributed by atoms with Crippen molar-refractivity contribution < 1.29 is 14.6 Å². The van der Waals surface area contributed by atoms with Crippen molar-refractivity contribution in [2.45, 2.75) is 44.6 Å². The second kappa shape index (κ2) is 9.13. The summed E-state index contributed by atoms with van der Waals surface area (Å²) in [7, 11) is 1.65. The Morgan fingerprint density at radius 2 is 2.03 bits per heavy atom. The van der Waals surface area contributed by atoms with Crippen LogP contribution in [0.1, 0.15) is 48.9 Å². The highest BCUT2D eigenvalue weighted by molar-refractivity contribution is 7.14. The number of benzene rings is 1. The Morgan fingerprint density at radius 1 is 1.24 bits per heavy atom. The van der Waals surface area contributed by atoms with E-state index in [9.17, 15) is 9.90 Å². The average molecular weight is 416 g/mol. The third-order valence-electron chi connectivity index (χ3n) is 5.94. The number of rotatable bonds is 6. The van der Waals surface area contributed by atoms with Crippen LogP contribution in [0.25, 0.3) is 11.3 Å². The first-order valence-electron chi connectivity index (χ1n) is 10.5. The summed E-state index contributed by atoms with van der Waals surface area (Å²) in [4.78, 5) is 22.3. The summed E-state index contributed by atoms with van der Waals surface area (Å²) in [6, 6.07) is 5.73. The summed E-state index contributed by atoms with van der Waals surface area (Å²) in [6.07, 6.45) is 6.16. The minimum atomic E-state index is 0.0297. The predicted octanol–water partition coefficient (Wildman–Crippen LogP) is 3.80. The molecule has 156 valence electrons. The number of amides is 1. The second-order valence-electron chi connectivity index (χ2n) is 7.78. The third kappa shape index (κ3) is 4.26. The van der Waals surface area contributed by atoms with Crippen LogP contribution in [-0.4, -0.2) is 60.3 Å². The van der Waals surface area contributed by atoms with E-state index in [0.29, 0.717) is 12.0 Å². The topological polar surface area (TPSA) is 65.9 Å². The first-order chi connectivity index (χ1) is 14.2. The van der Waals surface area contributed by atoms with Gasteiger partial charge in [0.1, 0.15) is 5.75 Å². The molecule has 0 saturated carbocycles. The molecular weight excluding hydrogens is 386 g/mol. The Hall–Kier alpha value is -2.12. The van der Waals surface area contributed by atoms with Gasteiger partial charge in [-0.2, -0.15) is 0 Å². The smallest absolute Gasteiger partial charge is 0.254 e. The Morgan fingerprint density at radius 3 is 2.79 bits per heavy atom. The van der Waals surface area contributed by atoms with E-state index < -0.39 is 0 Å². The summed E-state index contributed by atoms with van der Waals surface area (Å²) >= 11 is 1.65. The minimum absolute atomic E-state index is 0.0297. The molecule has 1 unspecified atom stereocenters. The van der Waals surface area contributed by atoms with Gasteiger partial charge >= 0.3 is 0 Å². The number of aromatic nitrogens is 1. The molecule has 2 aliphatic heterocycles. The molecule has 0 radical (unpaired) electrons. The number of aliphatic hydroxyl groups excluding tert-OH is 1. The molecule has 2 fully saturated rings. The highest BCUT2D eigenvalue weighted by atomic mass is 32.1. The summed E-state index contributed by atoms with van der Waals surface area (Å²) < 4.78 is 5.57. The fourth-order valence-electron chi connectivity index (χ4n) is 4.37. The van der Waals surface area contributed by atoms with E-state index in [-0.39, 0.29) is 18.6 Å². The van der Waals surface area contributed by atoms with Gasteiger partial charge in [-0.15, -0.1) is 11.3 Å². The van der Waals surface area contributed by atoms with Crippen LogP contribution < -0.4 is 9.64 Å². The zero-order valence-corrected chi connectivity index (χ0v) is 17.8. The highest BCUT2D eigenvalue weighted by Crippen LogP contribution is 2.35. The van der Waals surface area contributed by atoms with Crippen molar-refractivity contribution in [1.29, 1.82) is 0 Å². The van der Waals surface area contributed by atoms with Gasteiger partial charge in [-0.3, -0.25) is 4.79 Å². The Balaban J connectivity index is 1.62. The molecule has 29 heavy (non-hydrogen) atoms. The number of anilines is 1. The highest BCUT2D eigenvalue weighted by Gasteiger charge is 2.28. The van der Waals surface area contributed by atoms with Crippen molar-refractivity contribution in [2.75, 3.05) is 38.3 Å². The van der Waals surface area contributed by atoms with Gasteiger partial charge in [0.2, 0.25) is 0 Å². The average Bonchev–Trinajstić information content (AvgIpc) is 3.45. The van der Waals surface area contributed by atoms with Crippen molar-refractivity contribution in [1.82, 2.24) is 9.88 Å². The fraction of sp³-hybridized carbons (Fsp3) is 0.545. The van der Waals surface area contributed by atoms with E-state index in [1.165, 1.54) is 12.8 Å². The van der Waals surface area contributed by atoms with Crippen LogP contribution in [0.2, 0.25) is 0 Å². The number of carbonyl (C=O) groups is 1. The monoisotopic (exact) mass is 415 g/mol. The zero-order valence-electron chi connectivity index (χ0n) is 17.0. The van der Waals surface area contributed by atoms with Crippen molar-refractivity contribution in [2.24, 2.45) is 0 Å². The molecule has 1 atom stereocenters. The molecule has 1 amide bonds. The quantitative estimate of drug-likeness (QED) is 0.777. The van der Waals surface area contributed by atoms with Crippen LogP contribution in [0, 0.1) is 0 Å².